The summed E-state index contributed by atoms with van der Waals surface area (Å²) in [5.41, 5.74) is 0.143. The summed E-state index contributed by atoms with van der Waals surface area (Å²) in [5.74, 6) is 0.0580. The molecule has 1 aliphatic rings. The van der Waals surface area contributed by atoms with E-state index in [0.29, 0.717) is 32.5 Å². The molecule has 19 heavy (non-hydrogen) atoms. The first-order valence-electron chi connectivity index (χ1n) is 6.52. The quantitative estimate of drug-likeness (QED) is 0.840. The third-order valence-electron chi connectivity index (χ3n) is 3.37. The maximum absolute atomic E-state index is 12.2. The molecule has 2 rings (SSSR count). The van der Waals surface area contributed by atoms with E-state index in [1.54, 1.807) is 17.3 Å². The second kappa shape index (κ2) is 5.67. The van der Waals surface area contributed by atoms with E-state index in [0.717, 1.165) is 5.56 Å². The van der Waals surface area contributed by atoms with Crippen LogP contribution < -0.4 is 0 Å². The van der Waals surface area contributed by atoms with Gasteiger partial charge in [-0.05, 0) is 32.1 Å². The monoisotopic (exact) mass is 263 g/mol. The molecule has 1 saturated heterocycles. The second-order valence-electron chi connectivity index (χ2n) is 5.57. The Morgan fingerprint density at radius 1 is 1.58 bits per heavy atom. The van der Waals surface area contributed by atoms with Crippen molar-refractivity contribution in [2.24, 2.45) is 0 Å². The molecule has 0 spiro atoms. The minimum atomic E-state index is -0.770. The number of pyridine rings is 1. The number of amides is 1. The standard InChI is InChI=1S/C14H21N3O2/c1-16(2)10-14(19)5-7-17(11-14)13(18)8-12-4-3-6-15-9-12/h3-4,6,9,19H,5,7-8,10-11H2,1-2H3. The van der Waals surface area contributed by atoms with E-state index in [-0.39, 0.29) is 5.91 Å². The number of β-amino-alcohol motifs (C(OH)–C–C–N with tert-alkyl or cyclic N) is 1. The van der Waals surface area contributed by atoms with Crippen molar-refractivity contribution in [2.45, 2.75) is 18.4 Å². The first-order chi connectivity index (χ1) is 8.98. The van der Waals surface area contributed by atoms with Crippen LogP contribution in [0.1, 0.15) is 12.0 Å². The molecule has 1 N–H and O–H groups in total. The number of hydrogen-bond donors (Lipinski definition) is 1. The largest absolute Gasteiger partial charge is 0.387 e. The molecule has 0 saturated carbocycles. The van der Waals surface area contributed by atoms with Crippen LogP contribution in [0.4, 0.5) is 0 Å². The molecule has 1 aliphatic heterocycles. The van der Waals surface area contributed by atoms with E-state index in [1.165, 1.54) is 0 Å². The molecule has 0 radical (unpaired) electrons. The fourth-order valence-electron chi connectivity index (χ4n) is 2.58. The van der Waals surface area contributed by atoms with Crippen molar-refractivity contribution in [2.75, 3.05) is 33.7 Å². The van der Waals surface area contributed by atoms with Crippen LogP contribution in [0.5, 0.6) is 0 Å². The van der Waals surface area contributed by atoms with Gasteiger partial charge in [-0.1, -0.05) is 6.07 Å². The summed E-state index contributed by atoms with van der Waals surface area (Å²) in [6, 6.07) is 3.72. The molecule has 0 aromatic carbocycles. The van der Waals surface area contributed by atoms with Crippen LogP contribution in [-0.4, -0.2) is 65.1 Å². The SMILES string of the molecule is CN(C)CC1(O)CCN(C(=O)Cc2cccnc2)C1. The van der Waals surface area contributed by atoms with Gasteiger partial charge in [0.2, 0.25) is 5.91 Å². The summed E-state index contributed by atoms with van der Waals surface area (Å²) in [6.45, 7) is 1.64. The molecule has 0 aliphatic carbocycles. The molecule has 5 nitrogen and oxygen atoms in total. The predicted molar refractivity (Wildman–Crippen MR) is 72.6 cm³/mol. The minimum Gasteiger partial charge on any atom is -0.387 e. The van der Waals surface area contributed by atoms with Gasteiger partial charge in [0.25, 0.3) is 0 Å². The van der Waals surface area contributed by atoms with E-state index in [2.05, 4.69) is 4.98 Å². The maximum Gasteiger partial charge on any atom is 0.227 e. The summed E-state index contributed by atoms with van der Waals surface area (Å²) < 4.78 is 0. The van der Waals surface area contributed by atoms with Crippen LogP contribution >= 0.6 is 0 Å². The Labute approximate surface area is 113 Å². The summed E-state index contributed by atoms with van der Waals surface area (Å²) in [6.07, 6.45) is 4.40. The molecule has 1 aromatic heterocycles. The van der Waals surface area contributed by atoms with Gasteiger partial charge in [0, 0.05) is 25.5 Å². The molecule has 1 unspecified atom stereocenters. The molecule has 2 heterocycles. The number of aromatic nitrogens is 1. The van der Waals surface area contributed by atoms with E-state index in [1.807, 2.05) is 31.1 Å². The average Bonchev–Trinajstić information content (AvgIpc) is 2.72. The Morgan fingerprint density at radius 2 is 2.37 bits per heavy atom. The number of likely N-dealkylation sites (tertiary alicyclic amines) is 1. The Morgan fingerprint density at radius 3 is 3.00 bits per heavy atom. The highest BCUT2D eigenvalue weighted by Crippen LogP contribution is 2.22. The van der Waals surface area contributed by atoms with Gasteiger partial charge in [0.1, 0.15) is 0 Å². The van der Waals surface area contributed by atoms with E-state index in [9.17, 15) is 9.90 Å². The lowest BCUT2D eigenvalue weighted by Crippen LogP contribution is -2.43. The third-order valence-corrected chi connectivity index (χ3v) is 3.37. The van der Waals surface area contributed by atoms with Crippen LogP contribution in [0.15, 0.2) is 24.5 Å². The Bertz CT molecular complexity index is 436. The number of carbonyl (C=O) groups is 1. The Balaban J connectivity index is 1.92. The minimum absolute atomic E-state index is 0.0580. The lowest BCUT2D eigenvalue weighted by atomic mass is 10.0. The number of aliphatic hydroxyl groups is 1. The lowest BCUT2D eigenvalue weighted by molar-refractivity contribution is -0.130. The molecule has 1 atom stereocenters. The summed E-state index contributed by atoms with van der Waals surface area (Å²) in [4.78, 5) is 19.9. The van der Waals surface area contributed by atoms with Crippen molar-refractivity contribution in [3.63, 3.8) is 0 Å². The van der Waals surface area contributed by atoms with Gasteiger partial charge in [0.15, 0.2) is 0 Å². The molecule has 1 amide bonds. The highest BCUT2D eigenvalue weighted by atomic mass is 16.3. The molecular formula is C14H21N3O2. The number of hydrogen-bond acceptors (Lipinski definition) is 4. The highest BCUT2D eigenvalue weighted by molar-refractivity contribution is 5.79. The predicted octanol–water partition coefficient (Wildman–Crippen LogP) is 0.149. The van der Waals surface area contributed by atoms with E-state index < -0.39 is 5.60 Å². The second-order valence-corrected chi connectivity index (χ2v) is 5.57. The van der Waals surface area contributed by atoms with Gasteiger partial charge in [-0.25, -0.2) is 0 Å². The Kier molecular flexibility index (Phi) is 4.17. The average molecular weight is 263 g/mol. The summed E-state index contributed by atoms with van der Waals surface area (Å²) in [5, 5.41) is 10.4. The Hall–Kier alpha value is -1.46. The molecular weight excluding hydrogens is 242 g/mol. The summed E-state index contributed by atoms with van der Waals surface area (Å²) in [7, 11) is 3.86. The zero-order chi connectivity index (χ0) is 13.9. The van der Waals surface area contributed by atoms with Crippen molar-refractivity contribution in [3.8, 4) is 0 Å². The zero-order valence-electron chi connectivity index (χ0n) is 11.5. The van der Waals surface area contributed by atoms with Crippen molar-refractivity contribution in [1.29, 1.82) is 0 Å². The first-order valence-corrected chi connectivity index (χ1v) is 6.52. The normalized spacial score (nSPS) is 23.1. The van der Waals surface area contributed by atoms with Gasteiger partial charge in [-0.15, -0.1) is 0 Å². The third kappa shape index (κ3) is 3.75. The topological polar surface area (TPSA) is 56.7 Å². The van der Waals surface area contributed by atoms with Crippen LogP contribution in [0.2, 0.25) is 0 Å². The van der Waals surface area contributed by atoms with Crippen LogP contribution in [0.25, 0.3) is 0 Å². The molecule has 0 bridgehead atoms. The van der Waals surface area contributed by atoms with Crippen LogP contribution in [0, 0.1) is 0 Å². The van der Waals surface area contributed by atoms with Gasteiger partial charge in [0.05, 0.1) is 18.6 Å². The zero-order valence-corrected chi connectivity index (χ0v) is 11.5. The smallest absolute Gasteiger partial charge is 0.227 e. The molecule has 5 heteroatoms. The molecule has 1 fully saturated rings. The number of nitrogens with zero attached hydrogens (tertiary/aromatic N) is 3. The van der Waals surface area contributed by atoms with Crippen molar-refractivity contribution < 1.29 is 9.90 Å². The first kappa shape index (κ1) is 14.0. The molecule has 104 valence electrons. The van der Waals surface area contributed by atoms with Gasteiger partial charge >= 0.3 is 0 Å². The van der Waals surface area contributed by atoms with E-state index >= 15 is 0 Å². The van der Waals surface area contributed by atoms with Crippen molar-refractivity contribution in [1.82, 2.24) is 14.8 Å². The lowest BCUT2D eigenvalue weighted by Gasteiger charge is -2.26. The van der Waals surface area contributed by atoms with E-state index in [4.69, 9.17) is 0 Å². The van der Waals surface area contributed by atoms with Crippen molar-refractivity contribution >= 4 is 5.91 Å². The van der Waals surface area contributed by atoms with Crippen molar-refractivity contribution in [3.05, 3.63) is 30.1 Å². The number of likely N-dealkylation sites (N-methyl/N-ethyl adjacent to an activating group) is 1. The van der Waals surface area contributed by atoms with Crippen LogP contribution in [0.3, 0.4) is 0 Å². The number of rotatable bonds is 4. The van der Waals surface area contributed by atoms with Gasteiger partial charge in [-0.2, -0.15) is 0 Å². The fraction of sp³-hybridized carbons (Fsp3) is 0.571. The van der Waals surface area contributed by atoms with Crippen LogP contribution in [-0.2, 0) is 11.2 Å². The van der Waals surface area contributed by atoms with Gasteiger partial charge < -0.3 is 14.9 Å². The maximum atomic E-state index is 12.2. The van der Waals surface area contributed by atoms with Gasteiger partial charge in [-0.3, -0.25) is 9.78 Å². The highest BCUT2D eigenvalue weighted by Gasteiger charge is 2.38. The summed E-state index contributed by atoms with van der Waals surface area (Å²) >= 11 is 0. The fourth-order valence-corrected chi connectivity index (χ4v) is 2.58. The number of carbonyl (C=O) groups excluding carboxylic acids is 1. The molecule has 1 aromatic rings.